The van der Waals surface area contributed by atoms with Crippen molar-refractivity contribution in [1.82, 2.24) is 5.06 Å². The monoisotopic (exact) mass is 312 g/mol. The Labute approximate surface area is 135 Å². The molecular formula is C18H20N2OS. The fourth-order valence-corrected chi connectivity index (χ4v) is 4.44. The van der Waals surface area contributed by atoms with E-state index in [1.165, 1.54) is 27.3 Å². The molecule has 0 spiro atoms. The summed E-state index contributed by atoms with van der Waals surface area (Å²) in [6.07, 6.45) is 5.49. The summed E-state index contributed by atoms with van der Waals surface area (Å²) < 4.78 is 0. The summed E-state index contributed by atoms with van der Waals surface area (Å²) in [6, 6.07) is 13.4. The Morgan fingerprint density at radius 3 is 2.91 bits per heavy atom. The Hall–Kier alpha value is -1.78. The number of thiophene rings is 1. The molecule has 2 atom stereocenters. The number of hydrogen-bond donors (Lipinski definition) is 1. The first-order chi connectivity index (χ1) is 10.7. The van der Waals surface area contributed by atoms with Gasteiger partial charge in [-0.3, -0.25) is 0 Å². The fourth-order valence-electron chi connectivity index (χ4n) is 3.51. The minimum atomic E-state index is 0.120. The molecule has 2 unspecified atom stereocenters. The van der Waals surface area contributed by atoms with E-state index in [1.54, 1.807) is 0 Å². The second-order valence-electron chi connectivity index (χ2n) is 6.02. The van der Waals surface area contributed by atoms with Gasteiger partial charge in [-0.25, -0.2) is 0 Å². The van der Waals surface area contributed by atoms with Crippen molar-refractivity contribution in [2.24, 2.45) is 5.73 Å². The zero-order chi connectivity index (χ0) is 15.1. The van der Waals surface area contributed by atoms with Gasteiger partial charge in [0.05, 0.1) is 6.04 Å². The third-order valence-corrected chi connectivity index (χ3v) is 5.58. The minimum absolute atomic E-state index is 0.120. The smallest absolute Gasteiger partial charge is 0.207 e. The third-order valence-electron chi connectivity index (χ3n) is 4.50. The molecule has 1 aromatic heterocycles. The summed E-state index contributed by atoms with van der Waals surface area (Å²) in [7, 11) is 0. The molecule has 2 aliphatic rings. The average molecular weight is 312 g/mol. The van der Waals surface area contributed by atoms with Crippen LogP contribution in [0.1, 0.15) is 45.8 Å². The van der Waals surface area contributed by atoms with Crippen LogP contribution in [0.5, 0.6) is 0 Å². The van der Waals surface area contributed by atoms with Crippen molar-refractivity contribution in [2.45, 2.75) is 38.3 Å². The van der Waals surface area contributed by atoms with E-state index in [9.17, 15) is 0 Å². The molecule has 0 amide bonds. The summed E-state index contributed by atoms with van der Waals surface area (Å²) in [5.41, 5.74) is 8.81. The lowest BCUT2D eigenvalue weighted by Crippen LogP contribution is -2.31. The van der Waals surface area contributed by atoms with Crippen molar-refractivity contribution >= 4 is 11.3 Å². The van der Waals surface area contributed by atoms with Crippen LogP contribution in [0, 0.1) is 6.92 Å². The van der Waals surface area contributed by atoms with Crippen LogP contribution in [0.25, 0.3) is 0 Å². The standard InChI is InChI=1S/C18H20N2OS/c1-12-9-10-17(22-12)16-11-18(19)21-20(16)15-8-4-6-13-5-2-3-7-14(13)15/h2-3,5,7,9-11,15-16H,4,6,8,19H2,1H3. The third kappa shape index (κ3) is 2.32. The maximum absolute atomic E-state index is 5.99. The second kappa shape index (κ2) is 5.45. The van der Waals surface area contributed by atoms with Gasteiger partial charge in [-0.15, -0.1) is 16.4 Å². The summed E-state index contributed by atoms with van der Waals surface area (Å²) >= 11 is 1.81. The molecule has 3 nitrogen and oxygen atoms in total. The largest absolute Gasteiger partial charge is 0.387 e. The molecule has 0 saturated carbocycles. The highest BCUT2D eigenvalue weighted by molar-refractivity contribution is 7.12. The zero-order valence-corrected chi connectivity index (χ0v) is 13.5. The van der Waals surface area contributed by atoms with Gasteiger partial charge < -0.3 is 10.6 Å². The maximum Gasteiger partial charge on any atom is 0.207 e. The zero-order valence-electron chi connectivity index (χ0n) is 12.7. The number of nitrogens with two attached hydrogens (primary N) is 1. The van der Waals surface area contributed by atoms with E-state index < -0.39 is 0 Å². The average Bonchev–Trinajstić information content (AvgIpc) is 3.12. The summed E-state index contributed by atoms with van der Waals surface area (Å²) in [5.74, 6) is 0.513. The molecule has 0 radical (unpaired) electrons. The number of hydrogen-bond acceptors (Lipinski definition) is 4. The van der Waals surface area contributed by atoms with Gasteiger partial charge in [-0.2, -0.15) is 0 Å². The molecular weight excluding hydrogens is 292 g/mol. The van der Waals surface area contributed by atoms with Crippen molar-refractivity contribution in [3.05, 3.63) is 69.2 Å². The first-order valence-corrected chi connectivity index (χ1v) is 8.62. The lowest BCUT2D eigenvalue weighted by molar-refractivity contribution is -0.157. The van der Waals surface area contributed by atoms with Gasteiger partial charge >= 0.3 is 0 Å². The molecule has 2 aromatic rings. The van der Waals surface area contributed by atoms with Crippen LogP contribution >= 0.6 is 11.3 Å². The van der Waals surface area contributed by atoms with Crippen molar-refractivity contribution in [2.75, 3.05) is 0 Å². The molecule has 2 N–H and O–H groups in total. The Bertz CT molecular complexity index is 721. The number of benzene rings is 1. The predicted octanol–water partition coefficient (Wildman–Crippen LogP) is 4.22. The van der Waals surface area contributed by atoms with Crippen LogP contribution in [0.4, 0.5) is 0 Å². The Morgan fingerprint density at radius 2 is 2.09 bits per heavy atom. The number of hydroxylamine groups is 2. The predicted molar refractivity (Wildman–Crippen MR) is 89.1 cm³/mol. The summed E-state index contributed by atoms with van der Waals surface area (Å²) in [4.78, 5) is 8.52. The molecule has 4 rings (SSSR count). The highest BCUT2D eigenvalue weighted by Crippen LogP contribution is 2.43. The molecule has 0 bridgehead atoms. The summed E-state index contributed by atoms with van der Waals surface area (Å²) in [6.45, 7) is 2.14. The number of nitrogens with zero attached hydrogens (tertiary/aromatic N) is 1. The van der Waals surface area contributed by atoms with Crippen LogP contribution in [0.3, 0.4) is 0 Å². The van der Waals surface area contributed by atoms with Gasteiger partial charge in [-0.1, -0.05) is 24.3 Å². The Balaban J connectivity index is 1.70. The first kappa shape index (κ1) is 13.9. The quantitative estimate of drug-likeness (QED) is 0.902. The topological polar surface area (TPSA) is 38.5 Å². The van der Waals surface area contributed by atoms with E-state index in [4.69, 9.17) is 10.6 Å². The van der Waals surface area contributed by atoms with Crippen LogP contribution in [0.15, 0.2) is 48.4 Å². The number of rotatable bonds is 2. The number of aryl methyl sites for hydroxylation is 2. The van der Waals surface area contributed by atoms with Crippen LogP contribution in [0.2, 0.25) is 0 Å². The highest BCUT2D eigenvalue weighted by atomic mass is 32.1. The second-order valence-corrected chi connectivity index (χ2v) is 7.34. The van der Waals surface area contributed by atoms with Gasteiger partial charge in [0.25, 0.3) is 0 Å². The lowest BCUT2D eigenvalue weighted by Gasteiger charge is -2.34. The van der Waals surface area contributed by atoms with Crippen LogP contribution < -0.4 is 5.73 Å². The Kier molecular flexibility index (Phi) is 3.43. The first-order valence-electron chi connectivity index (χ1n) is 7.80. The van der Waals surface area contributed by atoms with Crippen molar-refractivity contribution in [3.8, 4) is 0 Å². The van der Waals surface area contributed by atoms with Crippen molar-refractivity contribution < 1.29 is 4.84 Å². The van der Waals surface area contributed by atoms with E-state index in [0.717, 1.165) is 12.8 Å². The molecule has 1 aliphatic carbocycles. The van der Waals surface area contributed by atoms with Crippen LogP contribution in [-0.4, -0.2) is 5.06 Å². The molecule has 1 aliphatic heterocycles. The minimum Gasteiger partial charge on any atom is -0.387 e. The van der Waals surface area contributed by atoms with E-state index in [0.29, 0.717) is 5.88 Å². The van der Waals surface area contributed by atoms with Gasteiger partial charge in [0, 0.05) is 15.8 Å². The van der Waals surface area contributed by atoms with Gasteiger partial charge in [0.2, 0.25) is 5.88 Å². The van der Waals surface area contributed by atoms with E-state index in [-0.39, 0.29) is 12.1 Å². The van der Waals surface area contributed by atoms with Gasteiger partial charge in [-0.05, 0) is 49.4 Å². The molecule has 0 saturated heterocycles. The van der Waals surface area contributed by atoms with E-state index in [2.05, 4.69) is 48.4 Å². The molecule has 1 aromatic carbocycles. The summed E-state index contributed by atoms with van der Waals surface area (Å²) in [5, 5.41) is 2.10. The lowest BCUT2D eigenvalue weighted by atomic mass is 9.87. The molecule has 114 valence electrons. The fraction of sp³-hybridized carbons (Fsp3) is 0.333. The number of fused-ring (bicyclic) bond motifs is 1. The maximum atomic E-state index is 5.99. The molecule has 22 heavy (non-hydrogen) atoms. The Morgan fingerprint density at radius 1 is 1.23 bits per heavy atom. The van der Waals surface area contributed by atoms with E-state index in [1.807, 2.05) is 17.4 Å². The van der Waals surface area contributed by atoms with Crippen molar-refractivity contribution in [1.29, 1.82) is 0 Å². The SMILES string of the molecule is Cc1ccc(C2C=C(N)ON2C2CCCc3ccccc32)s1. The molecule has 2 heterocycles. The van der Waals surface area contributed by atoms with Crippen molar-refractivity contribution in [3.63, 3.8) is 0 Å². The van der Waals surface area contributed by atoms with Gasteiger partial charge in [0.1, 0.15) is 6.04 Å². The molecule has 0 fully saturated rings. The van der Waals surface area contributed by atoms with Gasteiger partial charge in [0.15, 0.2) is 0 Å². The van der Waals surface area contributed by atoms with Crippen LogP contribution in [-0.2, 0) is 11.3 Å². The highest BCUT2D eigenvalue weighted by Gasteiger charge is 2.37. The molecule has 4 heteroatoms. The van der Waals surface area contributed by atoms with E-state index >= 15 is 0 Å². The normalized spacial score (nSPS) is 24.7.